The standard InChI is InChI=1S/C30H43F9O4Si/c1-21(19-43-44(6,7)26(3,4)5)9-14-25(40)22(2)15-18-41-20-23-10-12-24(13-11-23)42-17-8-16-27(31,32)28(33,34)29(35,36)30(37,38)39/h10-13,21-22,25,40H,8,15-20H2,1-7H3/t21-,22-,25?/m1/s1. The van der Waals surface area contributed by atoms with E-state index >= 15 is 0 Å². The first-order valence-corrected chi connectivity index (χ1v) is 17.1. The molecule has 1 rings (SSSR count). The molecule has 0 radical (unpaired) electrons. The van der Waals surface area contributed by atoms with Gasteiger partial charge in [0.05, 0.1) is 13.2 Å². The van der Waals surface area contributed by atoms with Gasteiger partial charge in [0.15, 0.2) is 8.32 Å². The number of hydrogen-bond acceptors (Lipinski definition) is 4. The van der Waals surface area contributed by atoms with E-state index in [4.69, 9.17) is 13.9 Å². The SMILES string of the molecule is C[C@H](C#CC(O)[C@H](C)CCOCc1ccc(OCCCC(F)(F)C(F)(F)C(F)(F)C(F)(F)F)cc1)CO[Si](C)(C)C(C)(C)C. The number of aliphatic hydroxyl groups excluding tert-OH is 1. The zero-order valence-electron chi connectivity index (χ0n) is 26.1. The van der Waals surface area contributed by atoms with E-state index in [9.17, 15) is 44.6 Å². The van der Waals surface area contributed by atoms with Crippen LogP contribution in [-0.4, -0.2) is 63.3 Å². The van der Waals surface area contributed by atoms with Gasteiger partial charge in [0, 0.05) is 25.6 Å². The molecule has 0 bridgehead atoms. The van der Waals surface area contributed by atoms with E-state index in [1.165, 1.54) is 12.1 Å². The van der Waals surface area contributed by atoms with Crippen LogP contribution in [0.15, 0.2) is 24.3 Å². The molecule has 14 heteroatoms. The third kappa shape index (κ3) is 11.1. The van der Waals surface area contributed by atoms with E-state index in [1.54, 1.807) is 12.1 Å². The van der Waals surface area contributed by atoms with Crippen LogP contribution in [-0.2, 0) is 15.8 Å². The molecule has 1 N–H and O–H groups in total. The van der Waals surface area contributed by atoms with Gasteiger partial charge in [-0.25, -0.2) is 0 Å². The molecule has 0 saturated heterocycles. The molecule has 0 amide bonds. The van der Waals surface area contributed by atoms with Gasteiger partial charge in [-0.3, -0.25) is 0 Å². The highest BCUT2D eigenvalue weighted by molar-refractivity contribution is 6.74. The molecule has 1 aromatic rings. The molecule has 254 valence electrons. The van der Waals surface area contributed by atoms with Gasteiger partial charge in [0.2, 0.25) is 0 Å². The molecule has 0 heterocycles. The van der Waals surface area contributed by atoms with Gasteiger partial charge in [0.1, 0.15) is 11.9 Å². The lowest BCUT2D eigenvalue weighted by Crippen LogP contribution is -2.60. The van der Waals surface area contributed by atoms with Gasteiger partial charge in [-0.05, 0) is 61.5 Å². The average molecular weight is 667 g/mol. The summed E-state index contributed by atoms with van der Waals surface area (Å²) in [5.74, 6) is -13.2. The van der Waals surface area contributed by atoms with Crippen molar-refractivity contribution in [1.29, 1.82) is 0 Å². The molecule has 4 nitrogen and oxygen atoms in total. The first-order valence-electron chi connectivity index (χ1n) is 14.2. The minimum atomic E-state index is -6.90. The van der Waals surface area contributed by atoms with Crippen LogP contribution in [0.3, 0.4) is 0 Å². The lowest BCUT2D eigenvalue weighted by molar-refractivity contribution is -0.396. The summed E-state index contributed by atoms with van der Waals surface area (Å²) >= 11 is 0. The topological polar surface area (TPSA) is 47.9 Å². The van der Waals surface area contributed by atoms with Crippen LogP contribution >= 0.6 is 0 Å². The monoisotopic (exact) mass is 666 g/mol. The van der Waals surface area contributed by atoms with E-state index in [2.05, 4.69) is 45.7 Å². The molecule has 0 aliphatic rings. The summed E-state index contributed by atoms with van der Waals surface area (Å²) in [5, 5.41) is 10.5. The number of benzene rings is 1. The van der Waals surface area contributed by atoms with Crippen LogP contribution in [0.25, 0.3) is 0 Å². The van der Waals surface area contributed by atoms with Crippen molar-refractivity contribution in [3.8, 4) is 17.6 Å². The van der Waals surface area contributed by atoms with Crippen molar-refractivity contribution >= 4 is 8.32 Å². The molecule has 1 aromatic carbocycles. The van der Waals surface area contributed by atoms with Crippen LogP contribution in [0, 0.1) is 23.7 Å². The highest BCUT2D eigenvalue weighted by Crippen LogP contribution is 2.54. The Morgan fingerprint density at radius 2 is 1.41 bits per heavy atom. The summed E-state index contributed by atoms with van der Waals surface area (Å²) in [4.78, 5) is 0. The zero-order chi connectivity index (χ0) is 34.2. The minimum absolute atomic E-state index is 0.0313. The maximum atomic E-state index is 13.6. The number of ether oxygens (including phenoxy) is 2. The molecule has 0 aliphatic heterocycles. The fourth-order valence-electron chi connectivity index (χ4n) is 3.31. The van der Waals surface area contributed by atoms with Crippen molar-refractivity contribution in [3.05, 3.63) is 29.8 Å². The molecule has 0 fully saturated rings. The van der Waals surface area contributed by atoms with Gasteiger partial charge in [-0.1, -0.05) is 51.7 Å². The Balaban J connectivity index is 2.43. The fraction of sp³-hybridized carbons (Fsp3) is 0.733. The summed E-state index contributed by atoms with van der Waals surface area (Å²) < 4.78 is 133. The van der Waals surface area contributed by atoms with Gasteiger partial charge in [-0.15, -0.1) is 0 Å². The molecular weight excluding hydrogens is 623 g/mol. The summed E-state index contributed by atoms with van der Waals surface area (Å²) in [5.41, 5.74) is 0.710. The second kappa shape index (κ2) is 15.6. The quantitative estimate of drug-likeness (QED) is 0.0829. The molecule has 3 atom stereocenters. The van der Waals surface area contributed by atoms with E-state index in [0.29, 0.717) is 25.2 Å². The van der Waals surface area contributed by atoms with E-state index < -0.39 is 57.8 Å². The fourth-order valence-corrected chi connectivity index (χ4v) is 4.41. The third-order valence-corrected chi connectivity index (χ3v) is 12.0. The largest absolute Gasteiger partial charge is 0.494 e. The predicted octanol–water partition coefficient (Wildman–Crippen LogP) is 8.88. The smallest absolute Gasteiger partial charge is 0.460 e. The first kappa shape index (κ1) is 40.1. The molecule has 44 heavy (non-hydrogen) atoms. The Kier molecular flexibility index (Phi) is 14.2. The van der Waals surface area contributed by atoms with Crippen molar-refractivity contribution in [2.75, 3.05) is 19.8 Å². The van der Waals surface area contributed by atoms with Crippen molar-refractivity contribution in [2.24, 2.45) is 11.8 Å². The van der Waals surface area contributed by atoms with Gasteiger partial charge >= 0.3 is 23.9 Å². The zero-order valence-corrected chi connectivity index (χ0v) is 27.1. The number of halogens is 9. The van der Waals surface area contributed by atoms with Crippen LogP contribution < -0.4 is 4.74 Å². The predicted molar refractivity (Wildman–Crippen MR) is 152 cm³/mol. The summed E-state index contributed by atoms with van der Waals surface area (Å²) in [6, 6.07) is 6.03. The molecule has 0 aliphatic carbocycles. The van der Waals surface area contributed by atoms with Gasteiger partial charge in [-0.2, -0.15) is 39.5 Å². The van der Waals surface area contributed by atoms with Crippen molar-refractivity contribution in [2.45, 2.75) is 109 Å². The normalized spacial score (nSPS) is 15.8. The molecule has 0 aromatic heterocycles. The molecule has 0 spiro atoms. The van der Waals surface area contributed by atoms with Crippen LogP contribution in [0.2, 0.25) is 18.1 Å². The Bertz CT molecular complexity index is 1080. The number of rotatable bonds is 16. The van der Waals surface area contributed by atoms with E-state index in [-0.39, 0.29) is 29.2 Å². The molecular formula is C30H43F9O4Si. The van der Waals surface area contributed by atoms with Crippen molar-refractivity contribution in [1.82, 2.24) is 0 Å². The molecule has 0 saturated carbocycles. The number of aliphatic hydroxyl groups is 1. The van der Waals surface area contributed by atoms with Crippen LogP contribution in [0.1, 0.15) is 59.4 Å². The average Bonchev–Trinajstić information content (AvgIpc) is 2.90. The van der Waals surface area contributed by atoms with Crippen molar-refractivity contribution < 1.29 is 58.5 Å². The highest BCUT2D eigenvalue weighted by atomic mass is 28.4. The maximum Gasteiger partial charge on any atom is 0.460 e. The molecule has 1 unspecified atom stereocenters. The lowest BCUT2D eigenvalue weighted by Gasteiger charge is -2.36. The first-order chi connectivity index (χ1) is 19.9. The second-order valence-electron chi connectivity index (χ2n) is 12.5. The minimum Gasteiger partial charge on any atom is -0.494 e. The highest BCUT2D eigenvalue weighted by Gasteiger charge is 2.81. The number of alkyl halides is 9. The van der Waals surface area contributed by atoms with E-state index in [1.807, 2.05) is 13.8 Å². The Morgan fingerprint density at radius 1 is 0.841 bits per heavy atom. The van der Waals surface area contributed by atoms with Crippen molar-refractivity contribution in [3.63, 3.8) is 0 Å². The van der Waals surface area contributed by atoms with Crippen LogP contribution in [0.4, 0.5) is 39.5 Å². The lowest BCUT2D eigenvalue weighted by atomic mass is 10.00. The Hall–Kier alpha value is -1.95. The summed E-state index contributed by atoms with van der Waals surface area (Å²) in [6.07, 6.45) is -9.99. The Labute approximate surface area is 254 Å². The Morgan fingerprint density at radius 3 is 1.93 bits per heavy atom. The van der Waals surface area contributed by atoms with E-state index in [0.717, 1.165) is 0 Å². The summed E-state index contributed by atoms with van der Waals surface area (Å²) in [7, 11) is -1.88. The van der Waals surface area contributed by atoms with Gasteiger partial charge < -0.3 is 19.0 Å². The number of hydrogen-bond donors (Lipinski definition) is 1. The van der Waals surface area contributed by atoms with Gasteiger partial charge in [0.25, 0.3) is 0 Å². The summed E-state index contributed by atoms with van der Waals surface area (Å²) in [6.45, 7) is 15.0. The van der Waals surface area contributed by atoms with Crippen LogP contribution in [0.5, 0.6) is 5.75 Å². The third-order valence-electron chi connectivity index (χ3n) is 7.54. The second-order valence-corrected chi connectivity index (χ2v) is 17.3. The maximum absolute atomic E-state index is 13.6.